The Kier molecular flexibility index (Phi) is 7.24. The van der Waals surface area contributed by atoms with E-state index < -0.39 is 0 Å². The lowest BCUT2D eigenvalue weighted by molar-refractivity contribution is 0.0644. The van der Waals surface area contributed by atoms with Crippen LogP contribution >= 0.6 is 11.3 Å². The molecule has 2 heterocycles. The number of nitrogens with zero attached hydrogens (tertiary/aromatic N) is 2. The minimum atomic E-state index is -0.127. The van der Waals surface area contributed by atoms with Gasteiger partial charge in [0.25, 0.3) is 5.91 Å². The van der Waals surface area contributed by atoms with Gasteiger partial charge in [-0.15, -0.1) is 11.3 Å². The summed E-state index contributed by atoms with van der Waals surface area (Å²) < 4.78 is 0. The van der Waals surface area contributed by atoms with Crippen molar-refractivity contribution in [3.63, 3.8) is 0 Å². The van der Waals surface area contributed by atoms with Crippen molar-refractivity contribution in [2.75, 3.05) is 45.8 Å². The minimum Gasteiger partial charge on any atom is -0.338 e. The van der Waals surface area contributed by atoms with E-state index in [9.17, 15) is 9.59 Å². The quantitative estimate of drug-likeness (QED) is 0.766. The van der Waals surface area contributed by atoms with E-state index in [1.807, 2.05) is 40.6 Å². The van der Waals surface area contributed by atoms with Crippen molar-refractivity contribution in [1.29, 1.82) is 0 Å². The van der Waals surface area contributed by atoms with Crippen molar-refractivity contribution in [3.8, 4) is 0 Å². The lowest BCUT2D eigenvalue weighted by atomic mass is 10.1. The summed E-state index contributed by atoms with van der Waals surface area (Å²) in [7, 11) is 0. The summed E-state index contributed by atoms with van der Waals surface area (Å²) in [5, 5.41) is 7.72. The van der Waals surface area contributed by atoms with Crippen LogP contribution in [0.25, 0.3) is 0 Å². The largest absolute Gasteiger partial charge is 0.338 e. The van der Waals surface area contributed by atoms with Crippen molar-refractivity contribution < 1.29 is 9.59 Å². The molecular weight excluding hydrogens is 360 g/mol. The number of nitrogens with one attached hydrogen (secondary N) is 2. The maximum Gasteiger partial charge on any atom is 0.314 e. The van der Waals surface area contributed by atoms with Crippen molar-refractivity contribution in [1.82, 2.24) is 20.4 Å². The monoisotopic (exact) mass is 386 g/mol. The predicted molar refractivity (Wildman–Crippen MR) is 108 cm³/mol. The highest BCUT2D eigenvalue weighted by atomic mass is 32.1. The van der Waals surface area contributed by atoms with Crippen LogP contribution in [0, 0.1) is 0 Å². The molecule has 1 aromatic carbocycles. The molecule has 1 saturated heterocycles. The predicted octanol–water partition coefficient (Wildman–Crippen LogP) is 2.05. The van der Waals surface area contributed by atoms with Gasteiger partial charge in [0.15, 0.2) is 0 Å². The molecular formula is C20H26N4O2S. The molecule has 0 radical (unpaired) electrons. The van der Waals surface area contributed by atoms with E-state index in [0.717, 1.165) is 44.0 Å². The summed E-state index contributed by atoms with van der Waals surface area (Å²) in [4.78, 5) is 29.2. The Balaban J connectivity index is 1.27. The number of hydrogen-bond donors (Lipinski definition) is 2. The third-order valence-corrected chi connectivity index (χ3v) is 5.50. The highest BCUT2D eigenvalue weighted by molar-refractivity contribution is 7.12. The molecule has 2 aromatic rings. The molecule has 1 fully saturated rings. The standard InChI is InChI=1S/C20H26N4O2S/c25-19(18-7-4-16-27-18)24-14-12-23(13-15-24)11-10-22-20(26)21-9-8-17-5-2-1-3-6-17/h1-7,16H,8-15H2,(H2,21,22,26). The summed E-state index contributed by atoms with van der Waals surface area (Å²) >= 11 is 1.49. The van der Waals surface area contributed by atoms with E-state index in [1.165, 1.54) is 16.9 Å². The molecule has 1 aliphatic heterocycles. The topological polar surface area (TPSA) is 64.7 Å². The van der Waals surface area contributed by atoms with Gasteiger partial charge in [-0.25, -0.2) is 4.79 Å². The van der Waals surface area contributed by atoms with Gasteiger partial charge in [-0.1, -0.05) is 36.4 Å². The molecule has 1 aromatic heterocycles. The van der Waals surface area contributed by atoms with Crippen LogP contribution in [0.2, 0.25) is 0 Å². The number of thiophene rings is 1. The van der Waals surface area contributed by atoms with Crippen molar-refractivity contribution >= 4 is 23.3 Å². The van der Waals surface area contributed by atoms with Crippen LogP contribution in [-0.4, -0.2) is 67.6 Å². The molecule has 2 N–H and O–H groups in total. The molecule has 0 saturated carbocycles. The van der Waals surface area contributed by atoms with Crippen LogP contribution in [0.3, 0.4) is 0 Å². The molecule has 6 nitrogen and oxygen atoms in total. The Labute approximate surface area is 164 Å². The number of benzene rings is 1. The summed E-state index contributed by atoms with van der Waals surface area (Å²) in [6.45, 7) is 5.19. The number of rotatable bonds is 7. The van der Waals surface area contributed by atoms with Crippen LogP contribution in [0.15, 0.2) is 47.8 Å². The highest BCUT2D eigenvalue weighted by Gasteiger charge is 2.22. The Bertz CT molecular complexity index is 713. The summed E-state index contributed by atoms with van der Waals surface area (Å²) in [5.74, 6) is 0.126. The van der Waals surface area contributed by atoms with Crippen LogP contribution in [0.4, 0.5) is 4.79 Å². The first-order chi connectivity index (χ1) is 13.2. The number of urea groups is 1. The first-order valence-electron chi connectivity index (χ1n) is 9.33. The van der Waals surface area contributed by atoms with E-state index in [0.29, 0.717) is 13.1 Å². The first-order valence-corrected chi connectivity index (χ1v) is 10.2. The fourth-order valence-corrected chi connectivity index (χ4v) is 3.78. The molecule has 0 unspecified atom stereocenters. The second kappa shape index (κ2) is 10.1. The Morgan fingerprint density at radius 3 is 2.37 bits per heavy atom. The maximum atomic E-state index is 12.3. The smallest absolute Gasteiger partial charge is 0.314 e. The lowest BCUT2D eigenvalue weighted by Crippen LogP contribution is -2.50. The number of carbonyl (C=O) groups excluding carboxylic acids is 2. The molecule has 0 bridgehead atoms. The average Bonchev–Trinajstić information content (AvgIpc) is 3.24. The number of carbonyl (C=O) groups is 2. The van der Waals surface area contributed by atoms with Crippen LogP contribution in [0.5, 0.6) is 0 Å². The van der Waals surface area contributed by atoms with Gasteiger partial charge < -0.3 is 15.5 Å². The third-order valence-electron chi connectivity index (χ3n) is 4.65. The summed E-state index contributed by atoms with van der Waals surface area (Å²) in [5.41, 5.74) is 1.22. The fourth-order valence-electron chi connectivity index (χ4n) is 3.09. The van der Waals surface area contributed by atoms with E-state index >= 15 is 0 Å². The molecule has 27 heavy (non-hydrogen) atoms. The van der Waals surface area contributed by atoms with E-state index in [4.69, 9.17) is 0 Å². The molecule has 3 rings (SSSR count). The Morgan fingerprint density at radius 2 is 1.67 bits per heavy atom. The van der Waals surface area contributed by atoms with Crippen LogP contribution in [-0.2, 0) is 6.42 Å². The molecule has 1 aliphatic rings. The zero-order chi connectivity index (χ0) is 18.9. The summed E-state index contributed by atoms with van der Waals surface area (Å²) in [6.07, 6.45) is 0.828. The summed E-state index contributed by atoms with van der Waals surface area (Å²) in [6, 6.07) is 13.8. The van der Waals surface area contributed by atoms with Gasteiger partial charge in [0.1, 0.15) is 0 Å². The van der Waals surface area contributed by atoms with E-state index in [-0.39, 0.29) is 11.9 Å². The van der Waals surface area contributed by atoms with Gasteiger partial charge in [0.05, 0.1) is 4.88 Å². The molecule has 7 heteroatoms. The van der Waals surface area contributed by atoms with E-state index in [1.54, 1.807) is 0 Å². The van der Waals surface area contributed by atoms with Crippen LogP contribution < -0.4 is 10.6 Å². The van der Waals surface area contributed by atoms with Crippen molar-refractivity contribution in [3.05, 3.63) is 58.3 Å². The van der Waals surface area contributed by atoms with Gasteiger partial charge in [-0.2, -0.15) is 0 Å². The lowest BCUT2D eigenvalue weighted by Gasteiger charge is -2.34. The molecule has 144 valence electrons. The Morgan fingerprint density at radius 1 is 0.926 bits per heavy atom. The highest BCUT2D eigenvalue weighted by Crippen LogP contribution is 2.13. The molecule has 0 spiro atoms. The second-order valence-electron chi connectivity index (χ2n) is 6.53. The zero-order valence-corrected chi connectivity index (χ0v) is 16.2. The Hall–Kier alpha value is -2.38. The number of hydrogen-bond acceptors (Lipinski definition) is 4. The fraction of sp³-hybridized carbons (Fsp3) is 0.400. The average molecular weight is 387 g/mol. The van der Waals surface area contributed by atoms with Crippen molar-refractivity contribution in [2.24, 2.45) is 0 Å². The van der Waals surface area contributed by atoms with Gasteiger partial charge in [-0.3, -0.25) is 9.69 Å². The first kappa shape index (κ1) is 19.4. The van der Waals surface area contributed by atoms with Gasteiger partial charge in [0, 0.05) is 45.8 Å². The molecule has 0 aliphatic carbocycles. The number of piperazine rings is 1. The van der Waals surface area contributed by atoms with Gasteiger partial charge >= 0.3 is 6.03 Å². The number of amides is 3. The normalized spacial score (nSPS) is 14.7. The van der Waals surface area contributed by atoms with Gasteiger partial charge in [0.2, 0.25) is 0 Å². The SMILES string of the molecule is O=C(NCCc1ccccc1)NCCN1CCN(C(=O)c2cccs2)CC1. The van der Waals surface area contributed by atoms with Crippen molar-refractivity contribution in [2.45, 2.75) is 6.42 Å². The maximum absolute atomic E-state index is 12.3. The third kappa shape index (κ3) is 6.08. The van der Waals surface area contributed by atoms with Gasteiger partial charge in [-0.05, 0) is 23.4 Å². The molecule has 3 amide bonds. The van der Waals surface area contributed by atoms with E-state index in [2.05, 4.69) is 27.7 Å². The molecule has 0 atom stereocenters. The zero-order valence-electron chi connectivity index (χ0n) is 15.4. The second-order valence-corrected chi connectivity index (χ2v) is 7.48. The minimum absolute atomic E-state index is 0.126. The van der Waals surface area contributed by atoms with Crippen LogP contribution in [0.1, 0.15) is 15.2 Å².